The number of unbranched alkanes of at least 4 members (excludes halogenated alkanes) is 15. The molecule has 0 aromatic heterocycles. The molecule has 31 heavy (non-hydrogen) atoms. The number of allylic oxidation sites excluding steroid dienone is 2. The third-order valence-electron chi connectivity index (χ3n) is 7.13. The van der Waals surface area contributed by atoms with Gasteiger partial charge >= 0.3 is 0 Å². The first-order valence-electron chi connectivity index (χ1n) is 13.8. The molecule has 0 radical (unpaired) electrons. The van der Waals surface area contributed by atoms with Gasteiger partial charge in [0.05, 0.1) is 19.4 Å². The third kappa shape index (κ3) is 13.4. The number of aliphatic hydroxyl groups excluding tert-OH is 1. The minimum absolute atomic E-state index is 0.266. The normalized spacial score (nSPS) is 20.7. The number of aliphatic hydroxyl groups is 1. The van der Waals surface area contributed by atoms with Crippen LogP contribution < -0.4 is 5.32 Å². The van der Waals surface area contributed by atoms with Gasteiger partial charge in [0, 0.05) is 6.42 Å². The number of quaternary nitrogens is 1. The van der Waals surface area contributed by atoms with Crippen LogP contribution in [0.1, 0.15) is 129 Å². The molecule has 1 heterocycles. The lowest BCUT2D eigenvalue weighted by Crippen LogP contribution is -2.54. The van der Waals surface area contributed by atoms with E-state index >= 15 is 0 Å². The van der Waals surface area contributed by atoms with E-state index in [1.165, 1.54) is 116 Å². The minimum atomic E-state index is 0.266. The van der Waals surface area contributed by atoms with E-state index in [2.05, 4.69) is 43.7 Å². The molecule has 0 spiro atoms. The highest BCUT2D eigenvalue weighted by Crippen LogP contribution is 2.22. The Morgan fingerprint density at radius 3 is 1.77 bits per heavy atom. The van der Waals surface area contributed by atoms with Gasteiger partial charge in [-0.1, -0.05) is 96.1 Å². The van der Waals surface area contributed by atoms with Crippen LogP contribution >= 0.6 is 0 Å². The van der Waals surface area contributed by atoms with Crippen molar-refractivity contribution in [2.45, 2.75) is 136 Å². The molecular formula is C28H55N2O+. The Bertz CT molecular complexity index is 448. The van der Waals surface area contributed by atoms with Gasteiger partial charge in [0.25, 0.3) is 0 Å². The quantitative estimate of drug-likeness (QED) is 0.103. The molecule has 0 bridgehead atoms. The average molecular weight is 436 g/mol. The van der Waals surface area contributed by atoms with Crippen LogP contribution in [0.5, 0.6) is 0 Å². The molecule has 3 nitrogen and oxygen atoms in total. The molecule has 182 valence electrons. The maximum absolute atomic E-state index is 9.39. The molecule has 2 N–H and O–H groups in total. The second kappa shape index (κ2) is 19.9. The summed E-state index contributed by atoms with van der Waals surface area (Å²) in [6.45, 7) is 6.67. The van der Waals surface area contributed by atoms with Gasteiger partial charge in [-0.2, -0.15) is 0 Å². The topological polar surface area (TPSA) is 32.3 Å². The summed E-state index contributed by atoms with van der Waals surface area (Å²) < 4.78 is 0.901. The molecule has 2 atom stereocenters. The highest BCUT2D eigenvalue weighted by Gasteiger charge is 2.35. The van der Waals surface area contributed by atoms with Crippen molar-refractivity contribution in [1.82, 2.24) is 5.32 Å². The van der Waals surface area contributed by atoms with E-state index in [-0.39, 0.29) is 6.61 Å². The number of hydrogen-bond donors (Lipinski definition) is 2. The molecule has 0 saturated carbocycles. The molecule has 0 fully saturated rings. The van der Waals surface area contributed by atoms with Crippen LogP contribution in [-0.2, 0) is 0 Å². The Hall–Kier alpha value is -0.800. The van der Waals surface area contributed by atoms with Crippen molar-refractivity contribution in [2.75, 3.05) is 19.7 Å². The van der Waals surface area contributed by atoms with Gasteiger partial charge in [-0.05, 0) is 39.0 Å². The van der Waals surface area contributed by atoms with Gasteiger partial charge in [0.15, 0.2) is 6.17 Å². The average Bonchev–Trinajstić information content (AvgIpc) is 3.18. The van der Waals surface area contributed by atoms with Gasteiger partial charge in [-0.15, -0.1) is 0 Å². The van der Waals surface area contributed by atoms with Crippen molar-refractivity contribution < 1.29 is 9.59 Å². The van der Waals surface area contributed by atoms with Crippen LogP contribution in [0.4, 0.5) is 0 Å². The molecule has 0 amide bonds. The fraction of sp³-hybridized carbons (Fsp3) is 0.857. The number of nitrogens with one attached hydrogen (secondary N) is 1. The Morgan fingerprint density at radius 1 is 0.742 bits per heavy atom. The predicted molar refractivity (Wildman–Crippen MR) is 137 cm³/mol. The monoisotopic (exact) mass is 435 g/mol. The number of hydrogen-bond acceptors (Lipinski definition) is 2. The van der Waals surface area contributed by atoms with Crippen molar-refractivity contribution in [1.29, 1.82) is 0 Å². The van der Waals surface area contributed by atoms with Crippen molar-refractivity contribution >= 4 is 0 Å². The zero-order chi connectivity index (χ0) is 22.5. The summed E-state index contributed by atoms with van der Waals surface area (Å²) in [6, 6.07) is 0. The summed E-state index contributed by atoms with van der Waals surface area (Å²) in [5, 5.41) is 12.9. The maximum atomic E-state index is 9.39. The largest absolute Gasteiger partial charge is 0.390 e. The number of nitrogens with zero attached hydrogens (tertiary/aromatic N) is 1. The molecule has 0 aromatic rings. The second-order valence-corrected chi connectivity index (χ2v) is 9.65. The number of likely N-dealkylation sites (N-methyl/N-ethyl adjacent to an activating group) is 1. The fourth-order valence-corrected chi connectivity index (χ4v) is 4.91. The van der Waals surface area contributed by atoms with Crippen LogP contribution in [0.2, 0.25) is 0 Å². The van der Waals surface area contributed by atoms with Crippen LogP contribution in [-0.4, -0.2) is 35.5 Å². The minimum Gasteiger partial charge on any atom is -0.390 e. The van der Waals surface area contributed by atoms with Crippen LogP contribution in [0.25, 0.3) is 0 Å². The van der Waals surface area contributed by atoms with Crippen molar-refractivity contribution in [2.24, 2.45) is 0 Å². The van der Waals surface area contributed by atoms with Gasteiger partial charge in [0.1, 0.15) is 12.7 Å². The van der Waals surface area contributed by atoms with Gasteiger partial charge in [-0.3, -0.25) is 4.48 Å². The summed E-state index contributed by atoms with van der Waals surface area (Å²) in [4.78, 5) is 0. The molecule has 1 aliphatic heterocycles. The third-order valence-corrected chi connectivity index (χ3v) is 7.13. The van der Waals surface area contributed by atoms with E-state index in [9.17, 15) is 5.11 Å². The first-order valence-corrected chi connectivity index (χ1v) is 13.8. The SMILES string of the molecule is CCCCCCCCCCCCC/C=C/CCCCCCC1NC=C[N+]1(CC)CCO. The predicted octanol–water partition coefficient (Wildman–Crippen LogP) is 7.81. The zero-order valence-corrected chi connectivity index (χ0v) is 21.1. The van der Waals surface area contributed by atoms with Crippen molar-refractivity contribution in [3.05, 3.63) is 24.6 Å². The lowest BCUT2D eigenvalue weighted by Gasteiger charge is -2.36. The highest BCUT2D eigenvalue weighted by atomic mass is 16.3. The summed E-state index contributed by atoms with van der Waals surface area (Å²) >= 11 is 0. The van der Waals surface area contributed by atoms with E-state index in [1.54, 1.807) is 0 Å². The smallest absolute Gasteiger partial charge is 0.166 e. The lowest BCUT2D eigenvalue weighted by molar-refractivity contribution is -0.900. The molecule has 0 saturated heterocycles. The Kier molecular flexibility index (Phi) is 18.1. The summed E-state index contributed by atoms with van der Waals surface area (Å²) in [5.74, 6) is 0. The van der Waals surface area contributed by atoms with Crippen molar-refractivity contribution in [3.63, 3.8) is 0 Å². The molecule has 2 unspecified atom stereocenters. The van der Waals surface area contributed by atoms with E-state index in [1.807, 2.05) is 0 Å². The second-order valence-electron chi connectivity index (χ2n) is 9.65. The Balaban J connectivity index is 1.85. The van der Waals surface area contributed by atoms with Gasteiger partial charge in [-0.25, -0.2) is 0 Å². The molecular weight excluding hydrogens is 380 g/mol. The molecule has 0 aromatic carbocycles. The fourth-order valence-electron chi connectivity index (χ4n) is 4.91. The van der Waals surface area contributed by atoms with E-state index in [4.69, 9.17) is 0 Å². The maximum Gasteiger partial charge on any atom is 0.166 e. The first-order chi connectivity index (χ1) is 15.3. The zero-order valence-electron chi connectivity index (χ0n) is 21.1. The van der Waals surface area contributed by atoms with Crippen LogP contribution in [0, 0.1) is 0 Å². The Labute approximate surface area is 195 Å². The standard InChI is InChI=1S/C28H55N2O/c1-3-5-6-7-8-9-10-11-12-13-14-15-16-17-18-19-20-21-22-23-28-29-24-25-30(28,4-2)26-27-31/h16-17,24-25,28-29,31H,3-15,18-23,26-27H2,1-2H3/q+1/b17-16+. The van der Waals surface area contributed by atoms with Crippen LogP contribution in [0.15, 0.2) is 24.6 Å². The van der Waals surface area contributed by atoms with Gasteiger partial charge in [0.2, 0.25) is 0 Å². The van der Waals surface area contributed by atoms with E-state index in [0.717, 1.165) is 17.6 Å². The van der Waals surface area contributed by atoms with Crippen LogP contribution in [0.3, 0.4) is 0 Å². The Morgan fingerprint density at radius 2 is 1.26 bits per heavy atom. The summed E-state index contributed by atoms with van der Waals surface area (Å²) in [7, 11) is 0. The van der Waals surface area contributed by atoms with Crippen molar-refractivity contribution in [3.8, 4) is 0 Å². The lowest BCUT2D eigenvalue weighted by atomic mass is 10.0. The molecule has 3 heteroatoms. The molecule has 1 aliphatic rings. The van der Waals surface area contributed by atoms with Gasteiger partial charge < -0.3 is 10.4 Å². The molecule has 1 rings (SSSR count). The first kappa shape index (κ1) is 28.2. The summed E-state index contributed by atoms with van der Waals surface area (Å²) in [6.07, 6.45) is 34.4. The highest BCUT2D eigenvalue weighted by molar-refractivity contribution is 4.84. The van der Waals surface area contributed by atoms with E-state index in [0.29, 0.717) is 6.17 Å². The summed E-state index contributed by atoms with van der Waals surface area (Å²) in [5.41, 5.74) is 0. The number of rotatable bonds is 22. The molecule has 0 aliphatic carbocycles. The van der Waals surface area contributed by atoms with E-state index < -0.39 is 0 Å².